The number of unbranched alkanes of at least 4 members (excludes halogenated alkanes) is 1. The van der Waals surface area contributed by atoms with Crippen molar-refractivity contribution in [2.45, 2.75) is 38.8 Å². The lowest BCUT2D eigenvalue weighted by Crippen LogP contribution is -2.32. The lowest BCUT2D eigenvalue weighted by molar-refractivity contribution is 0.180. The first-order valence-electron chi connectivity index (χ1n) is 6.40. The van der Waals surface area contributed by atoms with Crippen LogP contribution in [-0.2, 0) is 6.54 Å². The van der Waals surface area contributed by atoms with Gasteiger partial charge in [-0.05, 0) is 38.3 Å². The summed E-state index contributed by atoms with van der Waals surface area (Å²) in [6.45, 7) is 2.04. The topological polar surface area (TPSA) is 72.4 Å². The number of aliphatic hydroxyl groups is 1. The van der Waals surface area contributed by atoms with Crippen LogP contribution in [0.4, 0.5) is 0 Å². The molecule has 5 heteroatoms. The number of nitrogens with zero attached hydrogens (tertiary/aromatic N) is 1. The minimum absolute atomic E-state index is 0.316. The molecule has 0 bridgehead atoms. The Balaban J connectivity index is 2.24. The van der Waals surface area contributed by atoms with Gasteiger partial charge in [0.05, 0.1) is 11.5 Å². The predicted octanol–water partition coefficient (Wildman–Crippen LogP) is 1.51. The number of para-hydroxylation sites is 1. The van der Waals surface area contributed by atoms with Crippen LogP contribution in [0.1, 0.15) is 26.2 Å². The number of fused-ring (bicyclic) bond motifs is 1. The lowest BCUT2D eigenvalue weighted by atomic mass is 10.2. The number of aromatic nitrogens is 1. The molecule has 0 spiro atoms. The summed E-state index contributed by atoms with van der Waals surface area (Å²) in [5.41, 5.74) is 0.00151. The van der Waals surface area contributed by atoms with Crippen LogP contribution >= 0.6 is 0 Å². The Bertz CT molecular complexity index is 669. The van der Waals surface area contributed by atoms with E-state index in [2.05, 4.69) is 0 Å². The molecule has 1 atom stereocenters. The largest absolute Gasteiger partial charge is 0.422 e. The van der Waals surface area contributed by atoms with Crippen LogP contribution in [0.25, 0.3) is 11.0 Å². The molecule has 1 aromatic heterocycles. The summed E-state index contributed by atoms with van der Waals surface area (Å²) in [4.78, 5) is 23.9. The third-order valence-electron chi connectivity index (χ3n) is 3.03. The highest BCUT2D eigenvalue weighted by Gasteiger charge is 2.08. The first-order valence-corrected chi connectivity index (χ1v) is 6.40. The Kier molecular flexibility index (Phi) is 4.16. The van der Waals surface area contributed by atoms with Crippen LogP contribution in [0.3, 0.4) is 0 Å². The molecule has 0 saturated heterocycles. The van der Waals surface area contributed by atoms with Gasteiger partial charge in [-0.25, -0.2) is 9.36 Å². The third-order valence-corrected chi connectivity index (χ3v) is 3.03. The van der Waals surface area contributed by atoms with Crippen molar-refractivity contribution in [1.82, 2.24) is 4.57 Å². The Labute approximate surface area is 110 Å². The van der Waals surface area contributed by atoms with Crippen molar-refractivity contribution in [3.8, 4) is 0 Å². The van der Waals surface area contributed by atoms with Crippen molar-refractivity contribution in [2.24, 2.45) is 0 Å². The van der Waals surface area contributed by atoms with Gasteiger partial charge in [-0.3, -0.25) is 4.79 Å². The zero-order valence-electron chi connectivity index (χ0n) is 10.8. The maximum Gasteiger partial charge on any atom is 0.422 e. The fourth-order valence-electron chi connectivity index (χ4n) is 2.01. The zero-order valence-corrected chi connectivity index (χ0v) is 10.8. The summed E-state index contributed by atoms with van der Waals surface area (Å²) in [5.74, 6) is -0.624. The Morgan fingerprint density at radius 3 is 2.74 bits per heavy atom. The number of hydrogen-bond acceptors (Lipinski definition) is 4. The van der Waals surface area contributed by atoms with Crippen LogP contribution in [0.2, 0.25) is 0 Å². The number of rotatable bonds is 5. The Morgan fingerprint density at radius 2 is 2.00 bits per heavy atom. The molecular weight excluding hydrogens is 246 g/mol. The van der Waals surface area contributed by atoms with E-state index in [1.807, 2.05) is 0 Å². The van der Waals surface area contributed by atoms with Crippen molar-refractivity contribution in [1.29, 1.82) is 0 Å². The van der Waals surface area contributed by atoms with Crippen LogP contribution in [0.15, 0.2) is 38.3 Å². The molecule has 102 valence electrons. The van der Waals surface area contributed by atoms with Gasteiger partial charge in [-0.1, -0.05) is 12.1 Å². The van der Waals surface area contributed by atoms with Crippen molar-refractivity contribution in [3.05, 3.63) is 45.2 Å². The smallest absolute Gasteiger partial charge is 0.409 e. The molecule has 2 aromatic rings. The first-order chi connectivity index (χ1) is 9.09. The van der Waals surface area contributed by atoms with Crippen LogP contribution < -0.4 is 11.3 Å². The summed E-state index contributed by atoms with van der Waals surface area (Å²) in [7, 11) is 0. The van der Waals surface area contributed by atoms with E-state index in [1.165, 1.54) is 0 Å². The summed E-state index contributed by atoms with van der Waals surface area (Å²) >= 11 is 0. The number of aliphatic hydroxyl groups excluding tert-OH is 1. The molecule has 1 N–H and O–H groups in total. The monoisotopic (exact) mass is 263 g/mol. The van der Waals surface area contributed by atoms with Gasteiger partial charge in [0.25, 0.3) is 5.56 Å². The Morgan fingerprint density at radius 1 is 1.26 bits per heavy atom. The minimum atomic E-state index is -0.624. The molecule has 0 fully saturated rings. The van der Waals surface area contributed by atoms with Gasteiger partial charge < -0.3 is 9.52 Å². The fourth-order valence-corrected chi connectivity index (χ4v) is 2.01. The molecule has 1 aromatic carbocycles. The Hall–Kier alpha value is -1.88. The van der Waals surface area contributed by atoms with E-state index < -0.39 is 5.76 Å². The molecule has 19 heavy (non-hydrogen) atoms. The van der Waals surface area contributed by atoms with Gasteiger partial charge in [0, 0.05) is 6.54 Å². The highest BCUT2D eigenvalue weighted by Crippen LogP contribution is 2.06. The van der Waals surface area contributed by atoms with E-state index in [-0.39, 0.29) is 11.7 Å². The second kappa shape index (κ2) is 5.84. The molecule has 0 radical (unpaired) electrons. The van der Waals surface area contributed by atoms with Gasteiger partial charge >= 0.3 is 5.76 Å². The van der Waals surface area contributed by atoms with E-state index >= 15 is 0 Å². The van der Waals surface area contributed by atoms with Crippen molar-refractivity contribution in [3.63, 3.8) is 0 Å². The highest BCUT2D eigenvalue weighted by atomic mass is 16.4. The van der Waals surface area contributed by atoms with Gasteiger partial charge in [-0.2, -0.15) is 0 Å². The molecule has 5 nitrogen and oxygen atoms in total. The maximum atomic E-state index is 12.1. The highest BCUT2D eigenvalue weighted by molar-refractivity contribution is 5.74. The molecule has 0 saturated carbocycles. The summed E-state index contributed by atoms with van der Waals surface area (Å²) in [6, 6.07) is 6.71. The normalized spacial score (nSPS) is 12.7. The van der Waals surface area contributed by atoms with E-state index in [1.54, 1.807) is 31.2 Å². The number of hydrogen-bond donors (Lipinski definition) is 1. The molecule has 0 aliphatic rings. The van der Waals surface area contributed by atoms with Gasteiger partial charge in [-0.15, -0.1) is 0 Å². The molecule has 0 unspecified atom stereocenters. The van der Waals surface area contributed by atoms with Gasteiger partial charge in [0.1, 0.15) is 5.58 Å². The average Bonchev–Trinajstić information content (AvgIpc) is 2.37. The fraction of sp³-hybridized carbons (Fsp3) is 0.429. The van der Waals surface area contributed by atoms with E-state index in [4.69, 9.17) is 9.52 Å². The maximum absolute atomic E-state index is 12.1. The molecular formula is C14H17NO4. The predicted molar refractivity (Wildman–Crippen MR) is 72.3 cm³/mol. The van der Waals surface area contributed by atoms with Crippen LogP contribution in [0.5, 0.6) is 0 Å². The van der Waals surface area contributed by atoms with Crippen molar-refractivity contribution >= 4 is 11.0 Å². The SMILES string of the molecule is C[C@@H](O)CCCCn1c(=O)oc2ccccc2c1=O. The summed E-state index contributed by atoms with van der Waals surface area (Å²) in [6.07, 6.45) is 1.72. The lowest BCUT2D eigenvalue weighted by Gasteiger charge is -2.06. The molecule has 2 rings (SSSR count). The standard InChI is InChI=1S/C14H17NO4/c1-10(16)6-4-5-9-15-13(17)11-7-2-3-8-12(11)19-14(15)18/h2-3,7-8,10,16H,4-6,9H2,1H3/t10-/m1/s1. The molecule has 0 amide bonds. The van der Waals surface area contributed by atoms with E-state index in [0.29, 0.717) is 30.4 Å². The quantitative estimate of drug-likeness (QED) is 0.830. The van der Waals surface area contributed by atoms with E-state index in [9.17, 15) is 9.59 Å². The second-order valence-electron chi connectivity index (χ2n) is 4.67. The molecule has 0 aliphatic carbocycles. The van der Waals surface area contributed by atoms with E-state index in [0.717, 1.165) is 11.0 Å². The second-order valence-corrected chi connectivity index (χ2v) is 4.67. The van der Waals surface area contributed by atoms with Crippen LogP contribution in [-0.4, -0.2) is 15.8 Å². The third kappa shape index (κ3) is 3.12. The van der Waals surface area contributed by atoms with Crippen molar-refractivity contribution in [2.75, 3.05) is 0 Å². The zero-order chi connectivity index (χ0) is 13.8. The number of benzene rings is 1. The average molecular weight is 263 g/mol. The summed E-state index contributed by atoms with van der Waals surface area (Å²) < 4.78 is 6.23. The minimum Gasteiger partial charge on any atom is -0.409 e. The van der Waals surface area contributed by atoms with Gasteiger partial charge in [0.15, 0.2) is 0 Å². The van der Waals surface area contributed by atoms with Crippen LogP contribution in [0, 0.1) is 0 Å². The first kappa shape index (κ1) is 13.5. The van der Waals surface area contributed by atoms with Gasteiger partial charge in [0.2, 0.25) is 0 Å². The molecule has 0 aliphatic heterocycles. The van der Waals surface area contributed by atoms with Crippen molar-refractivity contribution < 1.29 is 9.52 Å². The molecule has 1 heterocycles. The summed E-state index contributed by atoms with van der Waals surface area (Å²) in [5, 5.41) is 9.57.